The maximum absolute atomic E-state index is 12.7. The fraction of sp³-hybridized carbons (Fsp3) is 0.143. The number of rotatable bonds is 4. The van der Waals surface area contributed by atoms with Crippen LogP contribution in [0, 0.1) is 5.82 Å². The molecule has 0 atom stereocenters. The number of nitrogens with zero attached hydrogens (tertiary/aromatic N) is 1. The van der Waals surface area contributed by atoms with E-state index in [1.165, 1.54) is 12.1 Å². The van der Waals surface area contributed by atoms with E-state index in [4.69, 9.17) is 0 Å². The van der Waals surface area contributed by atoms with Crippen LogP contribution in [0.4, 0.5) is 9.18 Å². The number of carbonyl (C=O) groups excluding carboxylic acids is 1. The van der Waals surface area contributed by atoms with E-state index in [-0.39, 0.29) is 11.8 Å². The molecule has 0 aliphatic carbocycles. The Bertz CT molecular complexity index is 528. The predicted octanol–water partition coefficient (Wildman–Crippen LogP) is 2.22. The number of aromatic nitrogens is 1. The van der Waals surface area contributed by atoms with Crippen LogP contribution in [-0.4, -0.2) is 11.0 Å². The minimum absolute atomic E-state index is 0.263. The fourth-order valence-corrected chi connectivity index (χ4v) is 1.53. The minimum Gasteiger partial charge on any atom is -0.334 e. The van der Waals surface area contributed by atoms with Gasteiger partial charge in [0.1, 0.15) is 5.82 Å². The monoisotopic (exact) mass is 259 g/mol. The highest BCUT2D eigenvalue weighted by Crippen LogP contribution is 2.02. The number of urea groups is 1. The molecule has 0 radical (unpaired) electrons. The first-order chi connectivity index (χ1) is 9.24. The molecule has 0 aliphatic rings. The highest BCUT2D eigenvalue weighted by Gasteiger charge is 2.00. The van der Waals surface area contributed by atoms with Gasteiger partial charge in [-0.15, -0.1) is 0 Å². The largest absolute Gasteiger partial charge is 0.334 e. The van der Waals surface area contributed by atoms with Gasteiger partial charge in [-0.1, -0.05) is 12.1 Å². The van der Waals surface area contributed by atoms with Crippen molar-refractivity contribution in [3.63, 3.8) is 0 Å². The average Bonchev–Trinajstić information content (AvgIpc) is 2.45. The third kappa shape index (κ3) is 4.39. The summed E-state index contributed by atoms with van der Waals surface area (Å²) in [5, 5.41) is 5.43. The second kappa shape index (κ2) is 6.49. The first-order valence-electron chi connectivity index (χ1n) is 5.89. The van der Waals surface area contributed by atoms with Gasteiger partial charge < -0.3 is 10.6 Å². The summed E-state index contributed by atoms with van der Waals surface area (Å²) >= 11 is 0. The lowest BCUT2D eigenvalue weighted by atomic mass is 10.2. The molecule has 0 unspecified atom stereocenters. The van der Waals surface area contributed by atoms with Gasteiger partial charge in [0.15, 0.2) is 0 Å². The van der Waals surface area contributed by atoms with E-state index < -0.39 is 0 Å². The van der Waals surface area contributed by atoms with Gasteiger partial charge in [0.05, 0.1) is 0 Å². The number of carbonyl (C=O) groups is 1. The molecule has 2 aromatic rings. The average molecular weight is 259 g/mol. The van der Waals surface area contributed by atoms with Gasteiger partial charge in [-0.2, -0.15) is 0 Å². The first kappa shape index (κ1) is 13.0. The number of nitrogens with one attached hydrogen (secondary N) is 2. The Balaban J connectivity index is 1.74. The van der Waals surface area contributed by atoms with Crippen molar-refractivity contribution in [1.82, 2.24) is 15.6 Å². The Morgan fingerprint density at radius 3 is 2.05 bits per heavy atom. The van der Waals surface area contributed by atoms with Gasteiger partial charge in [0.25, 0.3) is 0 Å². The van der Waals surface area contributed by atoms with Gasteiger partial charge in [-0.3, -0.25) is 4.98 Å². The van der Waals surface area contributed by atoms with Crippen LogP contribution in [-0.2, 0) is 13.1 Å². The molecule has 0 saturated heterocycles. The Morgan fingerprint density at radius 2 is 1.47 bits per heavy atom. The maximum Gasteiger partial charge on any atom is 0.315 e. The Morgan fingerprint density at radius 1 is 0.947 bits per heavy atom. The summed E-state index contributed by atoms with van der Waals surface area (Å²) in [7, 11) is 0. The summed E-state index contributed by atoms with van der Waals surface area (Å²) in [6.45, 7) is 0.806. The van der Waals surface area contributed by atoms with Crippen LogP contribution in [0.2, 0.25) is 0 Å². The molecule has 1 aromatic carbocycles. The molecule has 4 nitrogen and oxygen atoms in total. The zero-order chi connectivity index (χ0) is 13.5. The van der Waals surface area contributed by atoms with E-state index in [0.717, 1.165) is 11.1 Å². The predicted molar refractivity (Wildman–Crippen MR) is 69.7 cm³/mol. The van der Waals surface area contributed by atoms with Crippen molar-refractivity contribution in [2.45, 2.75) is 13.1 Å². The van der Waals surface area contributed by atoms with Crippen LogP contribution in [0.1, 0.15) is 11.1 Å². The summed E-state index contributed by atoms with van der Waals surface area (Å²) in [5.41, 5.74) is 1.83. The standard InChI is InChI=1S/C14H14FN3O/c15-13-3-1-11(2-4-13)9-17-14(19)18-10-12-5-7-16-8-6-12/h1-8H,9-10H2,(H2,17,18,19). The number of hydrogen-bond acceptors (Lipinski definition) is 2. The van der Waals surface area contributed by atoms with Crippen molar-refractivity contribution >= 4 is 6.03 Å². The molecular formula is C14H14FN3O. The van der Waals surface area contributed by atoms with Crippen LogP contribution in [0.5, 0.6) is 0 Å². The summed E-state index contributed by atoms with van der Waals surface area (Å²) in [4.78, 5) is 15.4. The number of amides is 2. The normalized spacial score (nSPS) is 9.95. The van der Waals surface area contributed by atoms with E-state index in [0.29, 0.717) is 13.1 Å². The number of halogens is 1. The molecular weight excluding hydrogens is 245 g/mol. The van der Waals surface area contributed by atoms with Crippen LogP contribution < -0.4 is 10.6 Å². The lowest BCUT2D eigenvalue weighted by molar-refractivity contribution is 0.240. The van der Waals surface area contributed by atoms with Crippen LogP contribution >= 0.6 is 0 Å². The minimum atomic E-state index is -0.286. The fourth-order valence-electron chi connectivity index (χ4n) is 1.53. The quantitative estimate of drug-likeness (QED) is 0.884. The van der Waals surface area contributed by atoms with Crippen LogP contribution in [0.15, 0.2) is 48.8 Å². The van der Waals surface area contributed by atoms with Gasteiger partial charge in [0.2, 0.25) is 0 Å². The van der Waals surface area contributed by atoms with Crippen molar-refractivity contribution < 1.29 is 9.18 Å². The van der Waals surface area contributed by atoms with Gasteiger partial charge in [-0.05, 0) is 35.4 Å². The molecule has 1 aromatic heterocycles. The Kier molecular flexibility index (Phi) is 4.44. The molecule has 1 heterocycles. The summed E-state index contributed by atoms with van der Waals surface area (Å²) < 4.78 is 12.7. The second-order valence-corrected chi connectivity index (χ2v) is 4.02. The van der Waals surface area contributed by atoms with Crippen molar-refractivity contribution in [3.05, 3.63) is 65.7 Å². The van der Waals surface area contributed by atoms with E-state index >= 15 is 0 Å². The molecule has 19 heavy (non-hydrogen) atoms. The molecule has 0 saturated carbocycles. The molecule has 0 fully saturated rings. The molecule has 2 rings (SSSR count). The maximum atomic E-state index is 12.7. The lowest BCUT2D eigenvalue weighted by Gasteiger charge is -2.07. The number of hydrogen-bond donors (Lipinski definition) is 2. The van der Waals surface area contributed by atoms with Crippen molar-refractivity contribution in [2.75, 3.05) is 0 Å². The number of benzene rings is 1. The van der Waals surface area contributed by atoms with Gasteiger partial charge in [-0.25, -0.2) is 9.18 Å². The van der Waals surface area contributed by atoms with Crippen molar-refractivity contribution in [1.29, 1.82) is 0 Å². The lowest BCUT2D eigenvalue weighted by Crippen LogP contribution is -2.34. The molecule has 0 spiro atoms. The summed E-state index contributed by atoms with van der Waals surface area (Å²) in [5.74, 6) is -0.286. The zero-order valence-electron chi connectivity index (χ0n) is 10.3. The van der Waals surface area contributed by atoms with E-state index in [9.17, 15) is 9.18 Å². The molecule has 2 N–H and O–H groups in total. The Hall–Kier alpha value is -2.43. The van der Waals surface area contributed by atoms with Crippen molar-refractivity contribution in [2.24, 2.45) is 0 Å². The highest BCUT2D eigenvalue weighted by atomic mass is 19.1. The number of pyridine rings is 1. The Labute approximate surface area is 110 Å². The smallest absolute Gasteiger partial charge is 0.315 e. The van der Waals surface area contributed by atoms with Crippen molar-refractivity contribution in [3.8, 4) is 0 Å². The molecule has 2 amide bonds. The van der Waals surface area contributed by atoms with E-state index in [1.54, 1.807) is 24.5 Å². The van der Waals surface area contributed by atoms with Crippen LogP contribution in [0.25, 0.3) is 0 Å². The third-order valence-electron chi connectivity index (χ3n) is 2.57. The summed E-state index contributed by atoms with van der Waals surface area (Å²) in [6.07, 6.45) is 3.35. The van der Waals surface area contributed by atoms with Gasteiger partial charge >= 0.3 is 6.03 Å². The van der Waals surface area contributed by atoms with Gasteiger partial charge in [0, 0.05) is 25.5 Å². The van der Waals surface area contributed by atoms with E-state index in [2.05, 4.69) is 15.6 Å². The zero-order valence-corrected chi connectivity index (χ0v) is 10.3. The van der Waals surface area contributed by atoms with Crippen LogP contribution in [0.3, 0.4) is 0 Å². The highest BCUT2D eigenvalue weighted by molar-refractivity contribution is 5.73. The second-order valence-electron chi connectivity index (χ2n) is 4.02. The molecule has 0 aliphatic heterocycles. The molecule has 0 bridgehead atoms. The van der Waals surface area contributed by atoms with E-state index in [1.807, 2.05) is 12.1 Å². The third-order valence-corrected chi connectivity index (χ3v) is 2.57. The summed E-state index contributed by atoms with van der Waals surface area (Å²) in [6, 6.07) is 9.41. The topological polar surface area (TPSA) is 54.0 Å². The SMILES string of the molecule is O=C(NCc1ccncc1)NCc1ccc(F)cc1. The first-order valence-corrected chi connectivity index (χ1v) is 5.89. The molecule has 5 heteroatoms. The molecule has 98 valence electrons.